The molecule has 1 atom stereocenters. The Balaban J connectivity index is 3.93. The molecule has 0 amide bonds. The summed E-state index contributed by atoms with van der Waals surface area (Å²) in [6, 6.07) is 0. The van der Waals surface area contributed by atoms with Gasteiger partial charge >= 0.3 is 10.1 Å². The summed E-state index contributed by atoms with van der Waals surface area (Å²) in [5, 5.41) is -0.702. The summed E-state index contributed by atoms with van der Waals surface area (Å²) in [5.74, 6) is 0. The van der Waals surface area contributed by atoms with Gasteiger partial charge in [0.25, 0.3) is 0 Å². The highest BCUT2D eigenvalue weighted by molar-refractivity contribution is 7.86. The lowest BCUT2D eigenvalue weighted by Crippen LogP contribution is -2.52. The Morgan fingerprint density at radius 3 is 1.75 bits per heavy atom. The molecule has 122 valence electrons. The highest BCUT2D eigenvalue weighted by atomic mass is 32.2. The van der Waals surface area contributed by atoms with Crippen molar-refractivity contribution in [1.82, 2.24) is 0 Å². The maximum atomic E-state index is 11.4. The minimum absolute atomic E-state index is 0.352. The Labute approximate surface area is 125 Å². The van der Waals surface area contributed by atoms with Crippen molar-refractivity contribution in [2.75, 3.05) is 20.6 Å². The SMILES string of the molecule is CCCCCCCCCC[N+](C)(C)C(CC)S(=O)(=O)O. The molecule has 4 nitrogen and oxygen atoms in total. The van der Waals surface area contributed by atoms with Crippen LogP contribution in [0.2, 0.25) is 0 Å². The first kappa shape index (κ1) is 19.9. The average molecular weight is 309 g/mol. The molecule has 0 aliphatic rings. The van der Waals surface area contributed by atoms with Crippen molar-refractivity contribution in [3.8, 4) is 0 Å². The van der Waals surface area contributed by atoms with E-state index in [1.807, 2.05) is 21.0 Å². The summed E-state index contributed by atoms with van der Waals surface area (Å²) in [5.41, 5.74) is 0. The van der Waals surface area contributed by atoms with Crippen molar-refractivity contribution >= 4 is 10.1 Å². The van der Waals surface area contributed by atoms with Crippen LogP contribution in [-0.2, 0) is 10.1 Å². The van der Waals surface area contributed by atoms with Crippen LogP contribution in [-0.4, -0.2) is 43.5 Å². The summed E-state index contributed by atoms with van der Waals surface area (Å²) in [7, 11) is -0.174. The van der Waals surface area contributed by atoms with E-state index in [-0.39, 0.29) is 0 Å². The van der Waals surface area contributed by atoms with Gasteiger partial charge in [0.2, 0.25) is 5.37 Å². The van der Waals surface area contributed by atoms with Gasteiger partial charge in [0.05, 0.1) is 20.6 Å². The monoisotopic (exact) mass is 308 g/mol. The smallest absolute Gasteiger partial charge is 0.312 e. The van der Waals surface area contributed by atoms with Crippen molar-refractivity contribution < 1.29 is 17.5 Å². The van der Waals surface area contributed by atoms with Crippen LogP contribution in [0, 0.1) is 0 Å². The maximum absolute atomic E-state index is 11.4. The van der Waals surface area contributed by atoms with Crippen LogP contribution in [0.15, 0.2) is 0 Å². The standard InChI is InChI=1S/C15H33NO3S/c1-5-7-8-9-10-11-12-13-14-16(3,4)15(6-2)20(17,18)19/h15H,5-14H2,1-4H3/p+1. The van der Waals surface area contributed by atoms with E-state index in [1.165, 1.54) is 38.5 Å². The van der Waals surface area contributed by atoms with E-state index >= 15 is 0 Å². The van der Waals surface area contributed by atoms with Gasteiger partial charge in [0.15, 0.2) is 0 Å². The first-order valence-corrected chi connectivity index (χ1v) is 9.55. The Bertz CT molecular complexity index is 339. The summed E-state index contributed by atoms with van der Waals surface area (Å²) in [6.07, 6.45) is 10.4. The Kier molecular flexibility index (Phi) is 9.68. The molecule has 0 rings (SSSR count). The zero-order valence-electron chi connectivity index (χ0n) is 13.8. The third-order valence-corrected chi connectivity index (χ3v) is 5.65. The number of hydrogen-bond acceptors (Lipinski definition) is 2. The van der Waals surface area contributed by atoms with Crippen LogP contribution in [0.1, 0.15) is 71.6 Å². The van der Waals surface area contributed by atoms with Gasteiger partial charge in [-0.25, -0.2) is 0 Å². The number of quaternary nitrogens is 1. The van der Waals surface area contributed by atoms with Gasteiger partial charge in [0.1, 0.15) is 0 Å². The third-order valence-electron chi connectivity index (χ3n) is 4.06. The molecule has 5 heteroatoms. The fourth-order valence-corrected chi connectivity index (χ4v) is 4.11. The van der Waals surface area contributed by atoms with Crippen LogP contribution >= 0.6 is 0 Å². The van der Waals surface area contributed by atoms with Gasteiger partial charge in [-0.15, -0.1) is 0 Å². The number of rotatable bonds is 12. The zero-order chi connectivity index (χ0) is 15.6. The van der Waals surface area contributed by atoms with E-state index in [0.717, 1.165) is 19.4 Å². The van der Waals surface area contributed by atoms with E-state index in [2.05, 4.69) is 6.92 Å². The molecule has 0 saturated heterocycles. The molecule has 0 heterocycles. The molecule has 0 spiro atoms. The molecule has 0 bridgehead atoms. The van der Waals surface area contributed by atoms with Crippen molar-refractivity contribution in [2.45, 2.75) is 77.0 Å². The number of hydrogen-bond donors (Lipinski definition) is 1. The topological polar surface area (TPSA) is 54.4 Å². The van der Waals surface area contributed by atoms with Crippen LogP contribution in [0.3, 0.4) is 0 Å². The normalized spacial score (nSPS) is 14.4. The molecule has 0 aliphatic carbocycles. The predicted molar refractivity (Wildman–Crippen MR) is 85.2 cm³/mol. The van der Waals surface area contributed by atoms with Crippen LogP contribution in [0.4, 0.5) is 0 Å². The largest absolute Gasteiger partial charge is 0.319 e. The summed E-state index contributed by atoms with van der Waals surface area (Å²) < 4.78 is 32.4. The van der Waals surface area contributed by atoms with Gasteiger partial charge in [-0.1, -0.05) is 52.4 Å². The predicted octanol–water partition coefficient (Wildman–Crippen LogP) is 3.83. The molecule has 1 unspecified atom stereocenters. The van der Waals surface area contributed by atoms with E-state index in [0.29, 0.717) is 10.9 Å². The van der Waals surface area contributed by atoms with Gasteiger partial charge in [-0.2, -0.15) is 8.42 Å². The van der Waals surface area contributed by atoms with E-state index in [4.69, 9.17) is 0 Å². The highest BCUT2D eigenvalue weighted by Gasteiger charge is 2.36. The quantitative estimate of drug-likeness (QED) is 0.339. The van der Waals surface area contributed by atoms with E-state index in [9.17, 15) is 13.0 Å². The first-order chi connectivity index (χ1) is 9.25. The molecule has 0 aromatic heterocycles. The van der Waals surface area contributed by atoms with E-state index in [1.54, 1.807) is 0 Å². The second-order valence-corrected chi connectivity index (χ2v) is 7.93. The van der Waals surface area contributed by atoms with Crippen molar-refractivity contribution in [3.05, 3.63) is 0 Å². The molecule has 0 radical (unpaired) electrons. The molecule has 1 N–H and O–H groups in total. The van der Waals surface area contributed by atoms with Crippen LogP contribution < -0.4 is 0 Å². The van der Waals surface area contributed by atoms with Crippen LogP contribution in [0.25, 0.3) is 0 Å². The van der Waals surface area contributed by atoms with Gasteiger partial charge in [-0.05, 0) is 12.8 Å². The molecule has 0 aromatic rings. The lowest BCUT2D eigenvalue weighted by molar-refractivity contribution is -0.902. The molecule has 0 aromatic carbocycles. The Morgan fingerprint density at radius 1 is 0.900 bits per heavy atom. The fourth-order valence-electron chi connectivity index (χ4n) is 2.86. The number of unbranched alkanes of at least 4 members (excludes halogenated alkanes) is 7. The minimum atomic E-state index is -3.96. The lowest BCUT2D eigenvalue weighted by Gasteiger charge is -2.35. The van der Waals surface area contributed by atoms with Gasteiger partial charge in [0, 0.05) is 6.42 Å². The Morgan fingerprint density at radius 2 is 1.35 bits per heavy atom. The average Bonchev–Trinajstić information content (AvgIpc) is 2.31. The van der Waals surface area contributed by atoms with Crippen molar-refractivity contribution in [3.63, 3.8) is 0 Å². The lowest BCUT2D eigenvalue weighted by atomic mass is 10.1. The molecule has 0 aliphatic heterocycles. The Hall–Kier alpha value is -0.130. The maximum Gasteiger partial charge on any atom is 0.319 e. The summed E-state index contributed by atoms with van der Waals surface area (Å²) in [4.78, 5) is 0. The van der Waals surface area contributed by atoms with Gasteiger partial charge in [-0.3, -0.25) is 4.55 Å². The van der Waals surface area contributed by atoms with Gasteiger partial charge < -0.3 is 4.48 Å². The second-order valence-electron chi connectivity index (χ2n) is 6.35. The van der Waals surface area contributed by atoms with Crippen LogP contribution in [0.5, 0.6) is 0 Å². The fraction of sp³-hybridized carbons (Fsp3) is 1.00. The van der Waals surface area contributed by atoms with Crippen molar-refractivity contribution in [2.24, 2.45) is 0 Å². The summed E-state index contributed by atoms with van der Waals surface area (Å²) in [6.45, 7) is 4.83. The zero-order valence-corrected chi connectivity index (χ0v) is 14.6. The van der Waals surface area contributed by atoms with Crippen molar-refractivity contribution in [1.29, 1.82) is 0 Å². The minimum Gasteiger partial charge on any atom is -0.312 e. The van der Waals surface area contributed by atoms with E-state index < -0.39 is 15.5 Å². The highest BCUT2D eigenvalue weighted by Crippen LogP contribution is 2.18. The summed E-state index contributed by atoms with van der Waals surface area (Å²) >= 11 is 0. The molecular formula is C15H34NO3S+. The molecular weight excluding hydrogens is 274 g/mol. The first-order valence-electron chi connectivity index (χ1n) is 8.04. The number of nitrogens with zero attached hydrogens (tertiary/aromatic N) is 1. The molecule has 0 fully saturated rings. The molecule has 0 saturated carbocycles. The third kappa shape index (κ3) is 8.22. The second kappa shape index (κ2) is 9.74. The molecule has 20 heavy (non-hydrogen) atoms.